The van der Waals surface area contributed by atoms with E-state index in [0.29, 0.717) is 12.9 Å². The third-order valence-electron chi connectivity index (χ3n) is 1.46. The second-order valence-electron chi connectivity index (χ2n) is 2.96. The Morgan fingerprint density at radius 2 is 1.88 bits per heavy atom. The Morgan fingerprint density at radius 1 is 1.29 bits per heavy atom. The van der Waals surface area contributed by atoms with Gasteiger partial charge < -0.3 is 14.8 Å². The van der Waals surface area contributed by atoms with Crippen LogP contribution in [0.15, 0.2) is 12.8 Å². The van der Waals surface area contributed by atoms with Crippen molar-refractivity contribution >= 4 is 7.32 Å². The van der Waals surface area contributed by atoms with E-state index in [1.165, 1.54) is 19.3 Å². The molecule has 17 heavy (non-hydrogen) atoms. The summed E-state index contributed by atoms with van der Waals surface area (Å²) >= 11 is 0. The maximum absolute atomic E-state index is 11.1. The van der Waals surface area contributed by atoms with Gasteiger partial charge in [-0.2, -0.15) is 0 Å². The second-order valence-corrected chi connectivity index (χ2v) is 2.96. The fourth-order valence-electron chi connectivity index (χ4n) is 0.763. The molecule has 0 aliphatic carbocycles. The van der Waals surface area contributed by atoms with Gasteiger partial charge in [-0.3, -0.25) is 4.65 Å². The Morgan fingerprint density at radius 3 is 2.24 bits per heavy atom. The van der Waals surface area contributed by atoms with Crippen LogP contribution in [0.1, 0.15) is 32.6 Å². The molecule has 0 rings (SSSR count). The SMILES string of the molecule is C=COB(O)OC(F)(F)F.CCCCCCO. The minimum atomic E-state index is -4.90. The highest BCUT2D eigenvalue weighted by molar-refractivity contribution is 6.34. The Kier molecular flexibility index (Phi) is 12.9. The summed E-state index contributed by atoms with van der Waals surface area (Å²) in [5.74, 6) is 0. The first-order valence-corrected chi connectivity index (χ1v) is 5.17. The van der Waals surface area contributed by atoms with Gasteiger partial charge in [-0.1, -0.05) is 32.8 Å². The summed E-state index contributed by atoms with van der Waals surface area (Å²) in [6.45, 7) is 5.43. The number of hydrogen-bond acceptors (Lipinski definition) is 4. The molecule has 0 heterocycles. The van der Waals surface area contributed by atoms with Crippen LogP contribution in [-0.2, 0) is 9.31 Å². The van der Waals surface area contributed by atoms with Gasteiger partial charge in [0.15, 0.2) is 0 Å². The van der Waals surface area contributed by atoms with Crippen LogP contribution >= 0.6 is 0 Å². The van der Waals surface area contributed by atoms with Crippen LogP contribution in [0, 0.1) is 0 Å². The molecule has 0 fully saturated rings. The molecule has 0 atom stereocenters. The van der Waals surface area contributed by atoms with E-state index in [1.54, 1.807) is 0 Å². The Hall–Kier alpha value is -0.725. The molecular weight excluding hydrogens is 240 g/mol. The van der Waals surface area contributed by atoms with Crippen molar-refractivity contribution in [3.05, 3.63) is 12.8 Å². The average Bonchev–Trinajstić information content (AvgIpc) is 2.17. The number of aliphatic hydroxyl groups is 1. The maximum Gasteiger partial charge on any atom is 0.716 e. The maximum atomic E-state index is 11.1. The molecule has 8 heteroatoms. The van der Waals surface area contributed by atoms with Crippen molar-refractivity contribution in [2.24, 2.45) is 0 Å². The van der Waals surface area contributed by atoms with E-state index in [9.17, 15) is 13.2 Å². The van der Waals surface area contributed by atoms with Gasteiger partial charge >= 0.3 is 13.7 Å². The molecule has 0 aliphatic rings. The zero-order valence-corrected chi connectivity index (χ0v) is 9.74. The lowest BCUT2D eigenvalue weighted by molar-refractivity contribution is -0.289. The van der Waals surface area contributed by atoms with Crippen LogP contribution < -0.4 is 0 Å². The van der Waals surface area contributed by atoms with Crippen LogP contribution in [0.25, 0.3) is 0 Å². The molecule has 4 nitrogen and oxygen atoms in total. The van der Waals surface area contributed by atoms with Crippen LogP contribution in [-0.4, -0.2) is 30.4 Å². The van der Waals surface area contributed by atoms with Gasteiger partial charge in [0.05, 0.1) is 6.26 Å². The molecule has 102 valence electrons. The van der Waals surface area contributed by atoms with E-state index in [4.69, 9.17) is 10.1 Å². The Balaban J connectivity index is 0. The summed E-state index contributed by atoms with van der Waals surface area (Å²) in [7, 11) is -2.34. The fourth-order valence-corrected chi connectivity index (χ4v) is 0.763. The van der Waals surface area contributed by atoms with Crippen LogP contribution in [0.3, 0.4) is 0 Å². The van der Waals surface area contributed by atoms with E-state index in [-0.39, 0.29) is 0 Å². The summed E-state index contributed by atoms with van der Waals surface area (Å²) in [4.78, 5) is 0. The lowest BCUT2D eigenvalue weighted by atomic mass is 10.2. The summed E-state index contributed by atoms with van der Waals surface area (Å²) in [5, 5.41) is 16.4. The van der Waals surface area contributed by atoms with Crippen molar-refractivity contribution in [2.75, 3.05) is 6.61 Å². The summed E-state index contributed by atoms with van der Waals surface area (Å²) in [6, 6.07) is 0. The molecule has 0 amide bonds. The average molecular weight is 258 g/mol. The summed E-state index contributed by atoms with van der Waals surface area (Å²) < 4.78 is 40.1. The van der Waals surface area contributed by atoms with Crippen molar-refractivity contribution in [3.63, 3.8) is 0 Å². The number of aliphatic hydroxyl groups excluding tert-OH is 1. The van der Waals surface area contributed by atoms with Crippen LogP contribution in [0.4, 0.5) is 13.2 Å². The third-order valence-corrected chi connectivity index (χ3v) is 1.46. The zero-order valence-electron chi connectivity index (χ0n) is 9.74. The number of alkyl halides is 3. The first-order valence-electron chi connectivity index (χ1n) is 5.17. The minimum Gasteiger partial charge on any atom is -0.519 e. The van der Waals surface area contributed by atoms with E-state index >= 15 is 0 Å². The molecule has 2 N–H and O–H groups in total. The van der Waals surface area contributed by atoms with Gasteiger partial charge in [0.1, 0.15) is 0 Å². The molecule has 0 spiro atoms. The highest BCUT2D eigenvalue weighted by atomic mass is 19.4. The Bertz CT molecular complexity index is 174. The highest BCUT2D eigenvalue weighted by Gasteiger charge is 2.37. The molecule has 0 bridgehead atoms. The first-order chi connectivity index (χ1) is 7.87. The third kappa shape index (κ3) is 21.2. The van der Waals surface area contributed by atoms with Crippen LogP contribution in [0.2, 0.25) is 0 Å². The molecule has 0 aliphatic heterocycles. The smallest absolute Gasteiger partial charge is 0.519 e. The second kappa shape index (κ2) is 11.8. The van der Waals surface area contributed by atoms with Gasteiger partial charge in [-0.15, -0.1) is 13.2 Å². The minimum absolute atomic E-state index is 0.361. The van der Waals surface area contributed by atoms with Crippen molar-refractivity contribution < 1.29 is 32.6 Å². The Labute approximate surface area is 99.2 Å². The van der Waals surface area contributed by atoms with E-state index in [2.05, 4.69) is 22.8 Å². The topological polar surface area (TPSA) is 58.9 Å². The van der Waals surface area contributed by atoms with Gasteiger partial charge in [-0.25, -0.2) is 0 Å². The largest absolute Gasteiger partial charge is 0.716 e. The molecule has 0 aromatic carbocycles. The lowest BCUT2D eigenvalue weighted by Crippen LogP contribution is -2.29. The molecule has 0 aromatic rings. The first kappa shape index (κ1) is 18.6. The summed E-state index contributed by atoms with van der Waals surface area (Å²) in [5.41, 5.74) is 0. The fraction of sp³-hybridized carbons (Fsp3) is 0.778. The van der Waals surface area contributed by atoms with Gasteiger partial charge in [0, 0.05) is 6.61 Å². The normalized spacial score (nSPS) is 10.2. The molecule has 0 unspecified atom stereocenters. The van der Waals surface area contributed by atoms with Crippen molar-refractivity contribution in [1.29, 1.82) is 0 Å². The van der Waals surface area contributed by atoms with Crippen molar-refractivity contribution in [1.82, 2.24) is 0 Å². The molecule has 0 saturated heterocycles. The van der Waals surface area contributed by atoms with Gasteiger partial charge in [-0.05, 0) is 6.42 Å². The highest BCUT2D eigenvalue weighted by Crippen LogP contribution is 2.16. The number of rotatable bonds is 7. The lowest BCUT2D eigenvalue weighted by Gasteiger charge is -2.07. The molecular formula is C9H18BF3O4. The van der Waals surface area contributed by atoms with Gasteiger partial charge in [0.2, 0.25) is 0 Å². The van der Waals surface area contributed by atoms with Crippen LogP contribution in [0.5, 0.6) is 0 Å². The van der Waals surface area contributed by atoms with E-state index < -0.39 is 13.7 Å². The quantitative estimate of drug-likeness (QED) is 0.417. The summed E-state index contributed by atoms with van der Waals surface area (Å²) in [6.07, 6.45) is 0.417. The van der Waals surface area contributed by atoms with E-state index in [1.807, 2.05) is 0 Å². The zero-order chi connectivity index (χ0) is 13.7. The number of unbranched alkanes of at least 4 members (excludes halogenated alkanes) is 3. The van der Waals surface area contributed by atoms with Crippen molar-refractivity contribution in [3.8, 4) is 0 Å². The molecule has 0 saturated carbocycles. The monoisotopic (exact) mass is 258 g/mol. The van der Waals surface area contributed by atoms with Gasteiger partial charge in [0.25, 0.3) is 0 Å². The standard InChI is InChI=1S/C6H14O.C3H4BF3O3/c1-2-3-4-5-6-7;1-2-9-4(8)10-3(5,6)7/h7H,2-6H2,1H3;2,8H,1H2. The number of hydrogen-bond donors (Lipinski definition) is 2. The predicted octanol–water partition coefficient (Wildman–Crippen LogP) is 2.22. The molecule has 0 radical (unpaired) electrons. The molecule has 0 aromatic heterocycles. The number of halogens is 3. The van der Waals surface area contributed by atoms with Crippen molar-refractivity contribution in [2.45, 2.75) is 39.0 Å². The predicted molar refractivity (Wildman–Crippen MR) is 57.6 cm³/mol. The van der Waals surface area contributed by atoms with E-state index in [0.717, 1.165) is 6.42 Å².